The molecule has 0 unspecified atom stereocenters. The van der Waals surface area contributed by atoms with Crippen molar-refractivity contribution in [3.8, 4) is 5.75 Å². The van der Waals surface area contributed by atoms with Crippen LogP contribution >= 0.6 is 23.2 Å². The Morgan fingerprint density at radius 3 is 2.70 bits per heavy atom. The first-order chi connectivity index (χ1) is 13.1. The van der Waals surface area contributed by atoms with Crippen molar-refractivity contribution in [2.75, 3.05) is 43.6 Å². The summed E-state index contributed by atoms with van der Waals surface area (Å²) >= 11 is 12.2. The van der Waals surface area contributed by atoms with Crippen molar-refractivity contribution in [3.63, 3.8) is 0 Å². The molecule has 2 aromatic rings. The van der Waals surface area contributed by atoms with Gasteiger partial charge in [0.15, 0.2) is 0 Å². The molecule has 0 aliphatic carbocycles. The van der Waals surface area contributed by atoms with Gasteiger partial charge in [0.1, 0.15) is 5.75 Å². The van der Waals surface area contributed by atoms with Gasteiger partial charge in [-0.3, -0.25) is 4.79 Å². The smallest absolute Gasteiger partial charge is 0.248 e. The molecule has 3 rings (SSSR count). The van der Waals surface area contributed by atoms with E-state index in [1.807, 2.05) is 24.3 Å². The van der Waals surface area contributed by atoms with Gasteiger partial charge in [-0.1, -0.05) is 35.3 Å². The molecule has 2 aromatic carbocycles. The molecular weight excluding hydrogens is 387 g/mol. The Kier molecular flexibility index (Phi) is 6.61. The van der Waals surface area contributed by atoms with Gasteiger partial charge in [-0.05, 0) is 30.3 Å². The van der Waals surface area contributed by atoms with Crippen LogP contribution < -0.4 is 15.0 Å². The van der Waals surface area contributed by atoms with Gasteiger partial charge in [-0.25, -0.2) is 0 Å². The van der Waals surface area contributed by atoms with Gasteiger partial charge in [0.05, 0.1) is 36.7 Å². The predicted molar refractivity (Wildman–Crippen MR) is 110 cm³/mol. The molecule has 0 saturated carbocycles. The largest absolute Gasteiger partial charge is 0.495 e. The van der Waals surface area contributed by atoms with Gasteiger partial charge >= 0.3 is 0 Å². The second-order valence-corrected chi connectivity index (χ2v) is 6.79. The summed E-state index contributed by atoms with van der Waals surface area (Å²) in [7, 11) is 1.52. The zero-order valence-electron chi connectivity index (χ0n) is 14.9. The van der Waals surface area contributed by atoms with Crippen LogP contribution in [0.5, 0.6) is 5.75 Å². The molecule has 0 radical (unpaired) electrons. The van der Waals surface area contributed by atoms with Crippen molar-refractivity contribution in [1.29, 1.82) is 0 Å². The minimum Gasteiger partial charge on any atom is -0.495 e. The first-order valence-electron chi connectivity index (χ1n) is 8.52. The summed E-state index contributed by atoms with van der Waals surface area (Å²) in [5.41, 5.74) is 2.36. The number of methoxy groups -OCH3 is 1. The molecule has 1 saturated heterocycles. The monoisotopic (exact) mass is 406 g/mol. The van der Waals surface area contributed by atoms with E-state index in [-0.39, 0.29) is 5.91 Å². The number of para-hydroxylation sites is 2. The van der Waals surface area contributed by atoms with Crippen LogP contribution in [0.25, 0.3) is 6.08 Å². The normalized spacial score (nSPS) is 14.4. The predicted octanol–water partition coefficient (Wildman–Crippen LogP) is 4.49. The maximum Gasteiger partial charge on any atom is 0.248 e. The molecule has 7 heteroatoms. The van der Waals surface area contributed by atoms with Gasteiger partial charge in [0.25, 0.3) is 0 Å². The van der Waals surface area contributed by atoms with Crippen LogP contribution in [0.3, 0.4) is 0 Å². The fourth-order valence-electron chi connectivity index (χ4n) is 2.92. The molecule has 1 amide bonds. The summed E-state index contributed by atoms with van der Waals surface area (Å²) in [6.45, 7) is 2.94. The number of anilines is 2. The van der Waals surface area contributed by atoms with E-state index >= 15 is 0 Å². The van der Waals surface area contributed by atoms with Crippen molar-refractivity contribution >= 4 is 46.6 Å². The number of halogens is 2. The minimum absolute atomic E-state index is 0.256. The van der Waals surface area contributed by atoms with Crippen LogP contribution in [-0.2, 0) is 9.53 Å². The Bertz CT molecular complexity index is 849. The standard InChI is InChI=1S/C20H20Cl2N2O3/c1-26-20-14(12-15(21)13-16(20)22)6-7-19(25)23-17-4-2-3-5-18(17)24-8-10-27-11-9-24/h2-7,12-13H,8-11H2,1H3,(H,23,25). The van der Waals surface area contributed by atoms with Gasteiger partial charge in [-0.2, -0.15) is 0 Å². The maximum absolute atomic E-state index is 12.4. The third-order valence-corrected chi connectivity index (χ3v) is 4.67. The summed E-state index contributed by atoms with van der Waals surface area (Å²) in [6.07, 6.45) is 3.06. The van der Waals surface area contributed by atoms with E-state index in [2.05, 4.69) is 10.2 Å². The summed E-state index contributed by atoms with van der Waals surface area (Å²) in [5, 5.41) is 3.79. The Balaban J connectivity index is 1.76. The molecule has 0 aromatic heterocycles. The number of nitrogens with zero attached hydrogens (tertiary/aromatic N) is 1. The third kappa shape index (κ3) is 4.95. The molecule has 1 aliphatic heterocycles. The fraction of sp³-hybridized carbons (Fsp3) is 0.250. The summed E-state index contributed by atoms with van der Waals surface area (Å²) in [6, 6.07) is 11.0. The van der Waals surface area contributed by atoms with E-state index in [1.165, 1.54) is 13.2 Å². The van der Waals surface area contributed by atoms with E-state index in [0.29, 0.717) is 34.6 Å². The van der Waals surface area contributed by atoms with Gasteiger partial charge < -0.3 is 19.7 Å². The second kappa shape index (κ2) is 9.13. The number of benzene rings is 2. The highest BCUT2D eigenvalue weighted by molar-refractivity contribution is 6.36. The van der Waals surface area contributed by atoms with Crippen LogP contribution in [0.1, 0.15) is 5.56 Å². The van der Waals surface area contributed by atoms with Crippen molar-refractivity contribution in [2.45, 2.75) is 0 Å². The molecule has 1 N–H and O–H groups in total. The Morgan fingerprint density at radius 1 is 1.22 bits per heavy atom. The van der Waals surface area contributed by atoms with Crippen molar-refractivity contribution in [3.05, 3.63) is 58.1 Å². The summed E-state index contributed by atoms with van der Waals surface area (Å²) in [4.78, 5) is 14.6. The first-order valence-corrected chi connectivity index (χ1v) is 9.28. The van der Waals surface area contributed by atoms with Crippen LogP contribution in [0.2, 0.25) is 10.0 Å². The van der Waals surface area contributed by atoms with Crippen molar-refractivity contribution in [1.82, 2.24) is 0 Å². The maximum atomic E-state index is 12.4. The highest BCUT2D eigenvalue weighted by Gasteiger charge is 2.15. The number of hydrogen-bond donors (Lipinski definition) is 1. The number of ether oxygens (including phenoxy) is 2. The SMILES string of the molecule is COc1c(Cl)cc(Cl)cc1C=CC(=O)Nc1ccccc1N1CCOCC1. The highest BCUT2D eigenvalue weighted by atomic mass is 35.5. The van der Waals surface area contributed by atoms with Crippen LogP contribution in [0, 0.1) is 0 Å². The van der Waals surface area contributed by atoms with E-state index in [9.17, 15) is 4.79 Å². The van der Waals surface area contributed by atoms with Gasteiger partial charge in [0, 0.05) is 29.8 Å². The lowest BCUT2D eigenvalue weighted by Gasteiger charge is -2.30. The van der Waals surface area contributed by atoms with Gasteiger partial charge in [0.2, 0.25) is 5.91 Å². The van der Waals surface area contributed by atoms with E-state index in [0.717, 1.165) is 24.5 Å². The number of morpholine rings is 1. The molecule has 1 fully saturated rings. The molecule has 5 nitrogen and oxygen atoms in total. The molecule has 1 aliphatic rings. The molecule has 0 spiro atoms. The molecule has 0 atom stereocenters. The van der Waals surface area contributed by atoms with Crippen LogP contribution in [0.4, 0.5) is 11.4 Å². The quantitative estimate of drug-likeness (QED) is 0.743. The van der Waals surface area contributed by atoms with Crippen LogP contribution in [0.15, 0.2) is 42.5 Å². The van der Waals surface area contributed by atoms with Gasteiger partial charge in [-0.15, -0.1) is 0 Å². The molecule has 142 valence electrons. The van der Waals surface area contributed by atoms with E-state index in [1.54, 1.807) is 18.2 Å². The summed E-state index contributed by atoms with van der Waals surface area (Å²) in [5.74, 6) is 0.215. The average Bonchev–Trinajstić information content (AvgIpc) is 2.67. The topological polar surface area (TPSA) is 50.8 Å². The Morgan fingerprint density at radius 2 is 1.96 bits per heavy atom. The first kappa shape index (κ1) is 19.5. The Labute approximate surface area is 168 Å². The fourth-order valence-corrected chi connectivity index (χ4v) is 3.50. The molecular formula is C20H20Cl2N2O3. The Hall–Kier alpha value is -2.21. The molecule has 0 bridgehead atoms. The number of carbonyl (C=O) groups excluding carboxylic acids is 1. The third-order valence-electron chi connectivity index (χ3n) is 4.17. The number of nitrogens with one attached hydrogen (secondary N) is 1. The van der Waals surface area contributed by atoms with E-state index in [4.69, 9.17) is 32.7 Å². The van der Waals surface area contributed by atoms with Crippen molar-refractivity contribution in [2.24, 2.45) is 0 Å². The van der Waals surface area contributed by atoms with Crippen molar-refractivity contribution < 1.29 is 14.3 Å². The summed E-state index contributed by atoms with van der Waals surface area (Å²) < 4.78 is 10.7. The van der Waals surface area contributed by atoms with Crippen LogP contribution in [-0.4, -0.2) is 39.3 Å². The number of amides is 1. The number of carbonyl (C=O) groups is 1. The second-order valence-electron chi connectivity index (χ2n) is 5.95. The minimum atomic E-state index is -0.256. The lowest BCUT2D eigenvalue weighted by molar-refractivity contribution is -0.111. The highest BCUT2D eigenvalue weighted by Crippen LogP contribution is 2.33. The number of rotatable bonds is 5. The number of hydrogen-bond acceptors (Lipinski definition) is 4. The molecule has 1 heterocycles. The zero-order chi connectivity index (χ0) is 19.2. The average molecular weight is 407 g/mol. The molecule has 27 heavy (non-hydrogen) atoms. The zero-order valence-corrected chi connectivity index (χ0v) is 16.4. The lowest BCUT2D eigenvalue weighted by atomic mass is 10.1. The van der Waals surface area contributed by atoms with E-state index < -0.39 is 0 Å². The lowest BCUT2D eigenvalue weighted by Crippen LogP contribution is -2.36.